The van der Waals surface area contributed by atoms with Crippen molar-refractivity contribution in [3.05, 3.63) is 47.3 Å². The van der Waals surface area contributed by atoms with Crippen LogP contribution in [0.1, 0.15) is 21.6 Å². The zero-order valence-corrected chi connectivity index (χ0v) is 12.4. The van der Waals surface area contributed by atoms with E-state index in [1.807, 2.05) is 4.90 Å². The molecule has 5 nitrogen and oxygen atoms in total. The first-order valence-electron chi connectivity index (χ1n) is 7.17. The Kier molecular flexibility index (Phi) is 3.64. The Hall–Kier alpha value is -2.30. The van der Waals surface area contributed by atoms with Gasteiger partial charge in [-0.25, -0.2) is 0 Å². The zero-order valence-electron chi connectivity index (χ0n) is 12.4. The lowest BCUT2D eigenvalue weighted by Crippen LogP contribution is -2.48. The van der Waals surface area contributed by atoms with Gasteiger partial charge in [-0.3, -0.25) is 4.79 Å². The van der Waals surface area contributed by atoms with E-state index in [0.29, 0.717) is 11.3 Å². The number of amides is 1. The van der Waals surface area contributed by atoms with E-state index in [0.717, 1.165) is 26.2 Å². The van der Waals surface area contributed by atoms with Crippen molar-refractivity contribution in [3.8, 4) is 0 Å². The Morgan fingerprint density at radius 2 is 1.95 bits per heavy atom. The van der Waals surface area contributed by atoms with E-state index in [2.05, 4.69) is 41.2 Å². The highest BCUT2D eigenvalue weighted by Crippen LogP contribution is 2.19. The lowest BCUT2D eigenvalue weighted by molar-refractivity contribution is 0.0745. The highest BCUT2D eigenvalue weighted by molar-refractivity contribution is 5.95. The van der Waals surface area contributed by atoms with Crippen molar-refractivity contribution in [2.75, 3.05) is 31.1 Å². The van der Waals surface area contributed by atoms with Gasteiger partial charge in [-0.15, -0.1) is 0 Å². The lowest BCUT2D eigenvalue weighted by Gasteiger charge is -2.36. The fraction of sp³-hybridized carbons (Fsp3) is 0.375. The highest BCUT2D eigenvalue weighted by atomic mass is 16.5. The fourth-order valence-corrected chi connectivity index (χ4v) is 2.66. The Morgan fingerprint density at radius 1 is 1.19 bits per heavy atom. The summed E-state index contributed by atoms with van der Waals surface area (Å²) in [5, 5.41) is 3.77. The van der Waals surface area contributed by atoms with Gasteiger partial charge >= 0.3 is 0 Å². The molecule has 0 unspecified atom stereocenters. The van der Waals surface area contributed by atoms with Crippen LogP contribution < -0.4 is 4.90 Å². The second-order valence-corrected chi connectivity index (χ2v) is 5.43. The van der Waals surface area contributed by atoms with Gasteiger partial charge in [0.25, 0.3) is 5.91 Å². The van der Waals surface area contributed by atoms with Gasteiger partial charge in [0.1, 0.15) is 11.8 Å². The number of carbonyl (C=O) groups is 1. The molecule has 1 aromatic heterocycles. The molecule has 1 amide bonds. The second-order valence-electron chi connectivity index (χ2n) is 5.43. The fourth-order valence-electron chi connectivity index (χ4n) is 2.66. The SMILES string of the molecule is Cc1cccc(N2CCN(C(=O)c3conc3C)CC2)c1. The van der Waals surface area contributed by atoms with Gasteiger partial charge in [0.05, 0.1) is 5.69 Å². The number of aromatic nitrogens is 1. The molecule has 2 aromatic rings. The van der Waals surface area contributed by atoms with Crippen LogP contribution >= 0.6 is 0 Å². The van der Waals surface area contributed by atoms with E-state index in [1.165, 1.54) is 17.5 Å². The lowest BCUT2D eigenvalue weighted by atomic mass is 10.1. The van der Waals surface area contributed by atoms with Crippen molar-refractivity contribution in [3.63, 3.8) is 0 Å². The monoisotopic (exact) mass is 285 g/mol. The summed E-state index contributed by atoms with van der Waals surface area (Å²) < 4.78 is 4.85. The number of carbonyl (C=O) groups excluding carboxylic acids is 1. The summed E-state index contributed by atoms with van der Waals surface area (Å²) in [5.74, 6) is 0.0117. The second kappa shape index (κ2) is 5.60. The molecule has 0 atom stereocenters. The molecule has 0 N–H and O–H groups in total. The number of hydrogen-bond acceptors (Lipinski definition) is 4. The average Bonchev–Trinajstić information content (AvgIpc) is 2.93. The Balaban J connectivity index is 1.65. The molecule has 21 heavy (non-hydrogen) atoms. The third-order valence-electron chi connectivity index (χ3n) is 3.91. The molecule has 0 aliphatic carbocycles. The molecule has 0 bridgehead atoms. The van der Waals surface area contributed by atoms with Crippen LogP contribution in [-0.2, 0) is 0 Å². The third-order valence-corrected chi connectivity index (χ3v) is 3.91. The quantitative estimate of drug-likeness (QED) is 0.849. The van der Waals surface area contributed by atoms with Crippen molar-refractivity contribution in [1.82, 2.24) is 10.1 Å². The van der Waals surface area contributed by atoms with Crippen molar-refractivity contribution in [2.45, 2.75) is 13.8 Å². The highest BCUT2D eigenvalue weighted by Gasteiger charge is 2.24. The first-order chi connectivity index (χ1) is 10.1. The maximum absolute atomic E-state index is 12.4. The number of anilines is 1. The van der Waals surface area contributed by atoms with Crippen molar-refractivity contribution in [2.24, 2.45) is 0 Å². The van der Waals surface area contributed by atoms with Crippen LogP contribution in [-0.4, -0.2) is 42.1 Å². The minimum Gasteiger partial charge on any atom is -0.368 e. The van der Waals surface area contributed by atoms with Crippen molar-refractivity contribution in [1.29, 1.82) is 0 Å². The molecule has 1 aromatic carbocycles. The molecule has 1 aliphatic rings. The van der Waals surface area contributed by atoms with Crippen LogP contribution in [0, 0.1) is 13.8 Å². The first kappa shape index (κ1) is 13.7. The van der Waals surface area contributed by atoms with E-state index in [-0.39, 0.29) is 5.91 Å². The zero-order chi connectivity index (χ0) is 14.8. The Bertz CT molecular complexity index is 642. The molecule has 2 heterocycles. The molecule has 0 saturated carbocycles. The first-order valence-corrected chi connectivity index (χ1v) is 7.17. The molecule has 0 radical (unpaired) electrons. The summed E-state index contributed by atoms with van der Waals surface area (Å²) >= 11 is 0. The number of piperazine rings is 1. The van der Waals surface area contributed by atoms with E-state index < -0.39 is 0 Å². The van der Waals surface area contributed by atoms with Crippen LogP contribution in [0.3, 0.4) is 0 Å². The summed E-state index contributed by atoms with van der Waals surface area (Å²) in [6, 6.07) is 8.47. The number of hydrogen-bond donors (Lipinski definition) is 0. The van der Waals surface area contributed by atoms with Crippen molar-refractivity contribution < 1.29 is 9.32 Å². The molecule has 0 spiro atoms. The predicted octanol–water partition coefficient (Wildman–Crippen LogP) is 2.25. The van der Waals surface area contributed by atoms with Gasteiger partial charge in [-0.2, -0.15) is 0 Å². The summed E-state index contributed by atoms with van der Waals surface area (Å²) in [4.78, 5) is 16.6. The van der Waals surface area contributed by atoms with E-state index in [9.17, 15) is 4.79 Å². The smallest absolute Gasteiger partial charge is 0.259 e. The number of aryl methyl sites for hydroxylation is 2. The topological polar surface area (TPSA) is 49.6 Å². The maximum atomic E-state index is 12.4. The number of benzene rings is 1. The van der Waals surface area contributed by atoms with E-state index in [4.69, 9.17) is 4.52 Å². The normalized spacial score (nSPS) is 15.3. The van der Waals surface area contributed by atoms with Crippen LogP contribution in [0.15, 0.2) is 35.1 Å². The molecule has 1 saturated heterocycles. The molecule has 110 valence electrons. The van der Waals surface area contributed by atoms with Crippen LogP contribution in [0.25, 0.3) is 0 Å². The number of nitrogens with zero attached hydrogens (tertiary/aromatic N) is 3. The Morgan fingerprint density at radius 3 is 2.57 bits per heavy atom. The van der Waals surface area contributed by atoms with Gasteiger partial charge in [0.15, 0.2) is 0 Å². The maximum Gasteiger partial charge on any atom is 0.259 e. The van der Waals surface area contributed by atoms with Crippen LogP contribution in [0.2, 0.25) is 0 Å². The van der Waals surface area contributed by atoms with Gasteiger partial charge < -0.3 is 14.3 Å². The summed E-state index contributed by atoms with van der Waals surface area (Å²) in [7, 11) is 0. The summed E-state index contributed by atoms with van der Waals surface area (Å²) in [5.41, 5.74) is 3.70. The van der Waals surface area contributed by atoms with Crippen LogP contribution in [0.5, 0.6) is 0 Å². The largest absolute Gasteiger partial charge is 0.368 e. The molecule has 3 rings (SSSR count). The molecule has 5 heteroatoms. The van der Waals surface area contributed by atoms with E-state index >= 15 is 0 Å². The minimum absolute atomic E-state index is 0.0117. The molecular formula is C16H19N3O2. The van der Waals surface area contributed by atoms with Crippen molar-refractivity contribution >= 4 is 11.6 Å². The molecule has 1 fully saturated rings. The third kappa shape index (κ3) is 2.77. The standard InChI is InChI=1S/C16H19N3O2/c1-12-4-3-5-14(10-12)18-6-8-19(9-7-18)16(20)15-11-21-17-13(15)2/h3-5,10-11H,6-9H2,1-2H3. The molecular weight excluding hydrogens is 266 g/mol. The Labute approximate surface area is 124 Å². The number of rotatable bonds is 2. The minimum atomic E-state index is 0.0117. The summed E-state index contributed by atoms with van der Waals surface area (Å²) in [6.45, 7) is 7.02. The molecule has 1 aliphatic heterocycles. The van der Waals surface area contributed by atoms with Crippen LogP contribution in [0.4, 0.5) is 5.69 Å². The summed E-state index contributed by atoms with van der Waals surface area (Å²) in [6.07, 6.45) is 1.44. The van der Waals surface area contributed by atoms with E-state index in [1.54, 1.807) is 6.92 Å². The van der Waals surface area contributed by atoms with Gasteiger partial charge in [0.2, 0.25) is 0 Å². The van der Waals surface area contributed by atoms with Gasteiger partial charge in [-0.1, -0.05) is 17.3 Å². The predicted molar refractivity (Wildman–Crippen MR) is 80.5 cm³/mol. The van der Waals surface area contributed by atoms with Gasteiger partial charge in [-0.05, 0) is 31.5 Å². The van der Waals surface area contributed by atoms with Gasteiger partial charge in [0, 0.05) is 31.9 Å². The average molecular weight is 285 g/mol.